The van der Waals surface area contributed by atoms with E-state index in [0.29, 0.717) is 6.42 Å². The molecule has 5 heteroatoms. The van der Waals surface area contributed by atoms with Crippen molar-refractivity contribution in [3.05, 3.63) is 60.4 Å². The van der Waals surface area contributed by atoms with Crippen molar-refractivity contribution in [2.45, 2.75) is 25.8 Å². The van der Waals surface area contributed by atoms with Gasteiger partial charge in [-0.05, 0) is 18.6 Å². The number of pyridine rings is 1. The Balaban J connectivity index is 1.74. The molecule has 0 aliphatic heterocycles. The molecule has 2 aromatic rings. The summed E-state index contributed by atoms with van der Waals surface area (Å²) in [5.74, 6) is -1.52. The lowest BCUT2D eigenvalue weighted by molar-refractivity contribution is -0.697. The van der Waals surface area contributed by atoms with Gasteiger partial charge >= 0.3 is 0 Å². The van der Waals surface area contributed by atoms with Gasteiger partial charge in [-0.3, -0.25) is 4.79 Å². The number of nitrogens with one attached hydrogen (secondary N) is 1. The molecule has 0 aliphatic rings. The van der Waals surface area contributed by atoms with Gasteiger partial charge in [0.05, 0.1) is 5.69 Å². The second kappa shape index (κ2) is 7.47. The summed E-state index contributed by atoms with van der Waals surface area (Å²) in [6.45, 7) is 0.822. The van der Waals surface area contributed by atoms with Gasteiger partial charge in [0.15, 0.2) is 12.4 Å². The Hall–Kier alpha value is -2.30. The second-order valence-electron chi connectivity index (χ2n) is 4.74. The Morgan fingerprint density at radius 3 is 2.62 bits per heavy atom. The first-order chi connectivity index (χ1) is 10.1. The molecule has 21 heavy (non-hydrogen) atoms. The number of halogens is 2. The largest absolute Gasteiger partial charge is 0.324 e. The van der Waals surface area contributed by atoms with Crippen molar-refractivity contribution >= 4 is 11.6 Å². The Kier molecular flexibility index (Phi) is 5.37. The second-order valence-corrected chi connectivity index (χ2v) is 4.74. The average Bonchev–Trinajstić information content (AvgIpc) is 2.48. The highest BCUT2D eigenvalue weighted by atomic mass is 19.1. The zero-order chi connectivity index (χ0) is 15.1. The normalized spacial score (nSPS) is 10.4. The van der Waals surface area contributed by atoms with Crippen LogP contribution in [0.4, 0.5) is 14.5 Å². The smallest absolute Gasteiger partial charge is 0.224 e. The molecule has 0 aliphatic carbocycles. The lowest BCUT2D eigenvalue weighted by atomic mass is 10.2. The van der Waals surface area contributed by atoms with E-state index in [1.54, 1.807) is 0 Å². The molecule has 0 radical (unpaired) electrons. The number of unbranched alkanes of at least 4 members (excludes halogenated alkanes) is 1. The van der Waals surface area contributed by atoms with E-state index < -0.39 is 11.6 Å². The fraction of sp³-hybridized carbons (Fsp3) is 0.250. The highest BCUT2D eigenvalue weighted by Gasteiger charge is 2.08. The number of hydrogen-bond donors (Lipinski definition) is 1. The van der Waals surface area contributed by atoms with Gasteiger partial charge < -0.3 is 5.32 Å². The third kappa shape index (κ3) is 4.95. The average molecular weight is 291 g/mol. The first-order valence-electron chi connectivity index (χ1n) is 6.84. The summed E-state index contributed by atoms with van der Waals surface area (Å²) in [6.07, 6.45) is 5.73. The first kappa shape index (κ1) is 15.1. The van der Waals surface area contributed by atoms with Gasteiger partial charge in [0.25, 0.3) is 0 Å². The van der Waals surface area contributed by atoms with Crippen molar-refractivity contribution < 1.29 is 18.1 Å². The predicted octanol–water partition coefficient (Wildman–Crippen LogP) is 3.06. The fourth-order valence-corrected chi connectivity index (χ4v) is 1.97. The molecule has 0 unspecified atom stereocenters. The summed E-state index contributed by atoms with van der Waals surface area (Å²) in [4.78, 5) is 11.7. The van der Waals surface area contributed by atoms with Gasteiger partial charge in [0.1, 0.15) is 18.2 Å². The van der Waals surface area contributed by atoms with Crippen molar-refractivity contribution in [2.24, 2.45) is 0 Å². The Morgan fingerprint density at radius 1 is 1.10 bits per heavy atom. The summed E-state index contributed by atoms with van der Waals surface area (Å²) in [7, 11) is 0. The molecule has 0 saturated carbocycles. The molecule has 110 valence electrons. The SMILES string of the molecule is O=C(CCCC[n+]1ccccc1)Nc1cc(F)ccc1F. The quantitative estimate of drug-likeness (QED) is 0.644. The molecule has 0 fully saturated rings. The molecular weight excluding hydrogens is 274 g/mol. The molecule has 1 aromatic heterocycles. The van der Waals surface area contributed by atoms with Gasteiger partial charge in [-0.1, -0.05) is 6.07 Å². The van der Waals surface area contributed by atoms with Crippen LogP contribution in [0, 0.1) is 11.6 Å². The van der Waals surface area contributed by atoms with Crippen LogP contribution in [0.1, 0.15) is 19.3 Å². The molecule has 2 rings (SSSR count). The van der Waals surface area contributed by atoms with Crippen molar-refractivity contribution in [1.82, 2.24) is 0 Å². The number of hydrogen-bond acceptors (Lipinski definition) is 1. The lowest BCUT2D eigenvalue weighted by Crippen LogP contribution is -2.32. The van der Waals surface area contributed by atoms with Crippen LogP contribution in [0.25, 0.3) is 0 Å². The molecular formula is C16H17F2N2O+. The molecule has 0 saturated heterocycles. The maximum atomic E-state index is 13.4. The summed E-state index contributed by atoms with van der Waals surface area (Å²) >= 11 is 0. The standard InChI is InChI=1S/C16H16F2N2O/c17-13-7-8-14(18)15(12-13)19-16(21)6-2-5-11-20-9-3-1-4-10-20/h1,3-4,7-10,12H,2,5-6,11H2/p+1. The zero-order valence-electron chi connectivity index (χ0n) is 11.6. The third-order valence-electron chi connectivity index (χ3n) is 3.05. The van der Waals surface area contributed by atoms with Crippen molar-refractivity contribution in [3.8, 4) is 0 Å². The van der Waals surface area contributed by atoms with E-state index >= 15 is 0 Å². The van der Waals surface area contributed by atoms with E-state index in [4.69, 9.17) is 0 Å². The summed E-state index contributed by atoms with van der Waals surface area (Å²) in [5.41, 5.74) is -0.113. The molecule has 1 aromatic carbocycles. The number of nitrogens with zero attached hydrogens (tertiary/aromatic N) is 1. The van der Waals surface area contributed by atoms with Crippen LogP contribution in [0.15, 0.2) is 48.8 Å². The molecule has 1 heterocycles. The summed E-state index contributed by atoms with van der Waals surface area (Å²) in [6, 6.07) is 8.82. The molecule has 3 nitrogen and oxygen atoms in total. The van der Waals surface area contributed by atoms with Crippen molar-refractivity contribution in [1.29, 1.82) is 0 Å². The molecule has 0 spiro atoms. The van der Waals surface area contributed by atoms with E-state index in [1.807, 2.05) is 35.2 Å². The summed E-state index contributed by atoms with van der Waals surface area (Å²) < 4.78 is 28.4. The number of amides is 1. The van der Waals surface area contributed by atoms with Gasteiger partial charge in [0, 0.05) is 31.0 Å². The molecule has 0 atom stereocenters. The van der Waals surface area contributed by atoms with Crippen molar-refractivity contribution in [2.75, 3.05) is 5.32 Å². The van der Waals surface area contributed by atoms with Crippen LogP contribution in [0.5, 0.6) is 0 Å². The van der Waals surface area contributed by atoms with E-state index in [2.05, 4.69) is 5.32 Å². The Morgan fingerprint density at radius 2 is 1.86 bits per heavy atom. The van der Waals surface area contributed by atoms with Gasteiger partial charge in [-0.25, -0.2) is 13.3 Å². The van der Waals surface area contributed by atoms with Gasteiger partial charge in [0.2, 0.25) is 5.91 Å². The maximum absolute atomic E-state index is 13.4. The van der Waals surface area contributed by atoms with Gasteiger partial charge in [-0.15, -0.1) is 0 Å². The van der Waals surface area contributed by atoms with Crippen LogP contribution < -0.4 is 9.88 Å². The fourth-order valence-electron chi connectivity index (χ4n) is 1.97. The van der Waals surface area contributed by atoms with E-state index in [0.717, 1.165) is 31.2 Å². The van der Waals surface area contributed by atoms with Crippen LogP contribution in [0.3, 0.4) is 0 Å². The number of rotatable bonds is 6. The highest BCUT2D eigenvalue weighted by Crippen LogP contribution is 2.15. The molecule has 1 amide bonds. The highest BCUT2D eigenvalue weighted by molar-refractivity contribution is 5.90. The van der Waals surface area contributed by atoms with Crippen LogP contribution in [-0.4, -0.2) is 5.91 Å². The van der Waals surface area contributed by atoms with Crippen LogP contribution in [0.2, 0.25) is 0 Å². The van der Waals surface area contributed by atoms with E-state index in [9.17, 15) is 13.6 Å². The number of benzene rings is 1. The van der Waals surface area contributed by atoms with Crippen molar-refractivity contribution in [3.63, 3.8) is 0 Å². The number of carbonyl (C=O) groups is 1. The first-order valence-corrected chi connectivity index (χ1v) is 6.84. The minimum absolute atomic E-state index is 0.113. The lowest BCUT2D eigenvalue weighted by Gasteiger charge is -2.06. The number of carbonyl (C=O) groups excluding carboxylic acids is 1. The van der Waals surface area contributed by atoms with Crippen LogP contribution >= 0.6 is 0 Å². The Bertz CT molecular complexity index is 602. The maximum Gasteiger partial charge on any atom is 0.224 e. The van der Waals surface area contributed by atoms with Gasteiger partial charge in [-0.2, -0.15) is 0 Å². The zero-order valence-corrected chi connectivity index (χ0v) is 11.6. The van der Waals surface area contributed by atoms with E-state index in [-0.39, 0.29) is 18.0 Å². The number of aromatic nitrogens is 1. The number of anilines is 1. The molecule has 1 N–H and O–H groups in total. The third-order valence-corrected chi connectivity index (χ3v) is 3.05. The minimum atomic E-state index is -0.635. The van der Waals surface area contributed by atoms with E-state index in [1.165, 1.54) is 0 Å². The molecule has 0 bridgehead atoms. The topological polar surface area (TPSA) is 33.0 Å². The monoisotopic (exact) mass is 291 g/mol. The predicted molar refractivity (Wildman–Crippen MR) is 75.5 cm³/mol. The Labute approximate surface area is 122 Å². The summed E-state index contributed by atoms with van der Waals surface area (Å²) in [5, 5.41) is 2.39. The number of aryl methyl sites for hydroxylation is 1. The van der Waals surface area contributed by atoms with Crippen LogP contribution in [-0.2, 0) is 11.3 Å². The minimum Gasteiger partial charge on any atom is -0.324 e.